The van der Waals surface area contributed by atoms with Crippen molar-refractivity contribution in [2.24, 2.45) is 0 Å². The first-order valence-electron chi connectivity index (χ1n) is 7.48. The van der Waals surface area contributed by atoms with Gasteiger partial charge in [-0.25, -0.2) is 9.97 Å². The van der Waals surface area contributed by atoms with Crippen LogP contribution < -0.4 is 9.47 Å². The second-order valence-corrected chi connectivity index (χ2v) is 5.55. The Kier molecular flexibility index (Phi) is 5.14. The molecule has 24 heavy (non-hydrogen) atoms. The molecule has 0 aliphatic carbocycles. The summed E-state index contributed by atoms with van der Waals surface area (Å²) >= 11 is 0. The van der Waals surface area contributed by atoms with Crippen molar-refractivity contribution in [1.29, 1.82) is 5.26 Å². The number of Topliss-reactive ketones (excluding diaryl/α,β-unsaturated/α-hetero) is 1. The van der Waals surface area contributed by atoms with Crippen LogP contribution in [0.3, 0.4) is 0 Å². The van der Waals surface area contributed by atoms with Gasteiger partial charge in [0.1, 0.15) is 11.8 Å². The number of nitrogens with zero attached hydrogens (tertiary/aromatic N) is 3. The third kappa shape index (κ3) is 3.20. The van der Waals surface area contributed by atoms with Gasteiger partial charge in [0, 0.05) is 12.5 Å². The molecule has 1 aromatic heterocycles. The minimum absolute atomic E-state index is 0.0358. The van der Waals surface area contributed by atoms with Gasteiger partial charge in [0.05, 0.1) is 25.6 Å². The van der Waals surface area contributed by atoms with Gasteiger partial charge in [-0.05, 0) is 24.1 Å². The number of carbonyl (C=O) groups excluding carboxylic acids is 1. The quantitative estimate of drug-likeness (QED) is 0.784. The largest absolute Gasteiger partial charge is 0.493 e. The molecule has 0 saturated carbocycles. The van der Waals surface area contributed by atoms with E-state index < -0.39 is 0 Å². The molecule has 6 heteroatoms. The van der Waals surface area contributed by atoms with E-state index in [1.165, 1.54) is 6.92 Å². The van der Waals surface area contributed by atoms with Crippen molar-refractivity contribution in [2.45, 2.75) is 26.7 Å². The lowest BCUT2D eigenvalue weighted by Crippen LogP contribution is -2.10. The van der Waals surface area contributed by atoms with Gasteiger partial charge >= 0.3 is 0 Å². The van der Waals surface area contributed by atoms with Gasteiger partial charge in [0.25, 0.3) is 0 Å². The van der Waals surface area contributed by atoms with Crippen LogP contribution in [0.5, 0.6) is 11.5 Å². The second-order valence-electron chi connectivity index (χ2n) is 5.55. The van der Waals surface area contributed by atoms with Gasteiger partial charge in [-0.2, -0.15) is 5.26 Å². The summed E-state index contributed by atoms with van der Waals surface area (Å²) < 4.78 is 10.6. The Morgan fingerprint density at radius 2 is 1.83 bits per heavy atom. The summed E-state index contributed by atoms with van der Waals surface area (Å²) in [6.45, 7) is 5.30. The van der Waals surface area contributed by atoms with Crippen molar-refractivity contribution in [3.8, 4) is 28.8 Å². The number of methoxy groups -OCH3 is 2. The van der Waals surface area contributed by atoms with Crippen molar-refractivity contribution in [3.63, 3.8) is 0 Å². The van der Waals surface area contributed by atoms with E-state index in [2.05, 4.69) is 9.97 Å². The zero-order valence-corrected chi connectivity index (χ0v) is 14.4. The Morgan fingerprint density at radius 3 is 2.33 bits per heavy atom. The Bertz CT molecular complexity index is 823. The predicted octanol–water partition coefficient (Wildman–Crippen LogP) is 3.36. The first-order valence-corrected chi connectivity index (χ1v) is 7.48. The third-order valence-corrected chi connectivity index (χ3v) is 3.57. The van der Waals surface area contributed by atoms with Crippen LogP contribution in [0.2, 0.25) is 0 Å². The zero-order valence-electron chi connectivity index (χ0n) is 14.4. The van der Waals surface area contributed by atoms with Crippen LogP contribution in [-0.2, 0) is 0 Å². The van der Waals surface area contributed by atoms with Crippen LogP contribution in [0.4, 0.5) is 0 Å². The number of ketones is 1. The topological polar surface area (TPSA) is 85.1 Å². The summed E-state index contributed by atoms with van der Waals surface area (Å²) in [5, 5.41) is 9.24. The maximum atomic E-state index is 11.8. The average molecular weight is 325 g/mol. The standard InChI is InChI=1S/C18H19N3O3/c1-10(2)16-18(21-17(11(3)22)13(9-19)20-16)12-6-7-14(23-4)15(8-12)24-5/h6-8,10H,1-5H3. The van der Waals surface area contributed by atoms with Gasteiger partial charge in [0.2, 0.25) is 0 Å². The summed E-state index contributed by atoms with van der Waals surface area (Å²) in [6, 6.07) is 7.33. The lowest BCUT2D eigenvalue weighted by atomic mass is 10.0. The number of hydrogen-bond acceptors (Lipinski definition) is 6. The van der Waals surface area contributed by atoms with Crippen LogP contribution in [-0.4, -0.2) is 30.0 Å². The normalized spacial score (nSPS) is 10.4. The van der Waals surface area contributed by atoms with Crippen LogP contribution in [0, 0.1) is 11.3 Å². The maximum absolute atomic E-state index is 11.8. The second kappa shape index (κ2) is 7.09. The van der Waals surface area contributed by atoms with E-state index in [1.54, 1.807) is 26.4 Å². The number of hydrogen-bond donors (Lipinski definition) is 0. The smallest absolute Gasteiger partial charge is 0.181 e. The molecule has 0 unspecified atom stereocenters. The minimum Gasteiger partial charge on any atom is -0.493 e. The molecule has 0 atom stereocenters. The van der Waals surface area contributed by atoms with Crippen molar-refractivity contribution < 1.29 is 14.3 Å². The Hall–Kier alpha value is -2.94. The maximum Gasteiger partial charge on any atom is 0.181 e. The molecule has 0 N–H and O–H groups in total. The molecule has 1 aromatic carbocycles. The molecule has 1 heterocycles. The van der Waals surface area contributed by atoms with E-state index in [9.17, 15) is 10.1 Å². The average Bonchev–Trinajstić information content (AvgIpc) is 2.59. The summed E-state index contributed by atoms with van der Waals surface area (Å²) in [4.78, 5) is 20.6. The molecule has 0 radical (unpaired) electrons. The van der Waals surface area contributed by atoms with Crippen LogP contribution >= 0.6 is 0 Å². The van der Waals surface area contributed by atoms with Gasteiger partial charge in [0.15, 0.2) is 23.0 Å². The molecule has 0 amide bonds. The van der Waals surface area contributed by atoms with Crippen molar-refractivity contribution in [3.05, 3.63) is 35.3 Å². The lowest BCUT2D eigenvalue weighted by molar-refractivity contribution is 0.101. The van der Waals surface area contributed by atoms with Gasteiger partial charge in [-0.3, -0.25) is 4.79 Å². The highest BCUT2D eigenvalue weighted by molar-refractivity contribution is 5.94. The number of rotatable bonds is 5. The Labute approximate surface area is 141 Å². The van der Waals surface area contributed by atoms with Crippen molar-refractivity contribution >= 4 is 5.78 Å². The van der Waals surface area contributed by atoms with Crippen molar-refractivity contribution in [1.82, 2.24) is 9.97 Å². The van der Waals surface area contributed by atoms with E-state index in [4.69, 9.17) is 9.47 Å². The van der Waals surface area contributed by atoms with E-state index in [-0.39, 0.29) is 23.1 Å². The monoisotopic (exact) mass is 325 g/mol. The molecule has 6 nitrogen and oxygen atoms in total. The van der Waals surface area contributed by atoms with E-state index in [0.717, 1.165) is 5.56 Å². The summed E-state index contributed by atoms with van der Waals surface area (Å²) in [6.07, 6.45) is 0. The van der Waals surface area contributed by atoms with Crippen LogP contribution in [0.1, 0.15) is 48.6 Å². The number of carbonyl (C=O) groups is 1. The molecular formula is C18H19N3O3. The highest BCUT2D eigenvalue weighted by Gasteiger charge is 2.20. The predicted molar refractivity (Wildman–Crippen MR) is 89.4 cm³/mol. The highest BCUT2D eigenvalue weighted by atomic mass is 16.5. The molecule has 2 rings (SSSR count). The first kappa shape index (κ1) is 17.4. The number of benzene rings is 1. The molecule has 0 aliphatic heterocycles. The number of aromatic nitrogens is 2. The third-order valence-electron chi connectivity index (χ3n) is 3.57. The molecule has 2 aromatic rings. The molecular weight excluding hydrogens is 306 g/mol. The fourth-order valence-corrected chi connectivity index (χ4v) is 2.37. The molecule has 0 saturated heterocycles. The number of ether oxygens (including phenoxy) is 2. The molecule has 0 aliphatic rings. The summed E-state index contributed by atoms with van der Waals surface area (Å²) in [5.74, 6) is 0.894. The molecule has 0 fully saturated rings. The van der Waals surface area contributed by atoms with E-state index in [1.807, 2.05) is 26.0 Å². The lowest BCUT2D eigenvalue weighted by Gasteiger charge is -2.15. The van der Waals surface area contributed by atoms with E-state index in [0.29, 0.717) is 22.9 Å². The van der Waals surface area contributed by atoms with Crippen LogP contribution in [0.15, 0.2) is 18.2 Å². The minimum atomic E-state index is -0.295. The number of nitriles is 1. The van der Waals surface area contributed by atoms with Gasteiger partial charge < -0.3 is 9.47 Å². The molecule has 0 spiro atoms. The van der Waals surface area contributed by atoms with Gasteiger partial charge in [-0.15, -0.1) is 0 Å². The van der Waals surface area contributed by atoms with E-state index >= 15 is 0 Å². The fourth-order valence-electron chi connectivity index (χ4n) is 2.37. The van der Waals surface area contributed by atoms with Crippen LogP contribution in [0.25, 0.3) is 11.3 Å². The molecule has 124 valence electrons. The Balaban J connectivity index is 2.75. The molecule has 0 bridgehead atoms. The zero-order chi connectivity index (χ0) is 17.9. The van der Waals surface area contributed by atoms with Gasteiger partial charge in [-0.1, -0.05) is 13.8 Å². The fraction of sp³-hybridized carbons (Fsp3) is 0.333. The Morgan fingerprint density at radius 1 is 1.17 bits per heavy atom. The van der Waals surface area contributed by atoms with Crippen molar-refractivity contribution in [2.75, 3.05) is 14.2 Å². The summed E-state index contributed by atoms with van der Waals surface area (Å²) in [5.41, 5.74) is 2.09. The summed E-state index contributed by atoms with van der Waals surface area (Å²) in [7, 11) is 3.11. The SMILES string of the molecule is COc1ccc(-c2nc(C(C)=O)c(C#N)nc2C(C)C)cc1OC. The first-order chi connectivity index (χ1) is 11.4. The highest BCUT2D eigenvalue weighted by Crippen LogP contribution is 2.34.